The van der Waals surface area contributed by atoms with E-state index < -0.39 is 0 Å². The van der Waals surface area contributed by atoms with Gasteiger partial charge in [0.1, 0.15) is 23.6 Å². The fraction of sp³-hybridized carbons (Fsp3) is 0.133. The standard InChI is InChI=1S/C15H11FN2O2S/c1-9(19)6-20-14-13-12(7-21-15(13)18-8-17-14)10-2-4-11(16)5-3-10/h2-5,7-8H,6H2,1H3. The first-order valence-electron chi connectivity index (χ1n) is 6.25. The highest BCUT2D eigenvalue weighted by Gasteiger charge is 2.14. The van der Waals surface area contributed by atoms with Crippen LogP contribution < -0.4 is 4.74 Å². The normalized spacial score (nSPS) is 10.8. The second kappa shape index (κ2) is 5.57. The number of thiophene rings is 1. The zero-order valence-corrected chi connectivity index (χ0v) is 12.0. The van der Waals surface area contributed by atoms with Crippen molar-refractivity contribution in [1.29, 1.82) is 0 Å². The molecule has 0 saturated heterocycles. The number of aromatic nitrogens is 2. The van der Waals surface area contributed by atoms with Crippen molar-refractivity contribution in [1.82, 2.24) is 9.97 Å². The Morgan fingerprint density at radius 2 is 2.05 bits per heavy atom. The van der Waals surface area contributed by atoms with Crippen molar-refractivity contribution in [2.45, 2.75) is 6.92 Å². The Hall–Kier alpha value is -2.34. The average molecular weight is 302 g/mol. The van der Waals surface area contributed by atoms with Crippen LogP contribution in [0.3, 0.4) is 0 Å². The number of carbonyl (C=O) groups excluding carboxylic acids is 1. The van der Waals surface area contributed by atoms with Crippen LogP contribution >= 0.6 is 11.3 Å². The average Bonchev–Trinajstić information content (AvgIpc) is 2.90. The lowest BCUT2D eigenvalue weighted by Crippen LogP contribution is -2.07. The Balaban J connectivity index is 2.10. The molecule has 0 N–H and O–H groups in total. The molecule has 4 nitrogen and oxygen atoms in total. The van der Waals surface area contributed by atoms with Gasteiger partial charge in [-0.2, -0.15) is 0 Å². The number of rotatable bonds is 4. The van der Waals surface area contributed by atoms with Crippen molar-refractivity contribution in [2.75, 3.05) is 6.61 Å². The summed E-state index contributed by atoms with van der Waals surface area (Å²) in [6.45, 7) is 1.41. The van der Waals surface area contributed by atoms with Gasteiger partial charge in [-0.3, -0.25) is 4.79 Å². The van der Waals surface area contributed by atoms with Crippen molar-refractivity contribution in [3.05, 3.63) is 41.8 Å². The molecule has 2 heterocycles. The number of Topliss-reactive ketones (excluding diaryl/α,β-unsaturated/α-hetero) is 1. The quantitative estimate of drug-likeness (QED) is 0.740. The number of halogens is 1. The number of fused-ring (bicyclic) bond motifs is 1. The van der Waals surface area contributed by atoms with Crippen LogP contribution in [0.5, 0.6) is 5.88 Å². The minimum Gasteiger partial charge on any atom is -0.469 e. The predicted molar refractivity (Wildman–Crippen MR) is 79.0 cm³/mol. The molecule has 21 heavy (non-hydrogen) atoms. The van der Waals surface area contributed by atoms with Crippen molar-refractivity contribution in [3.8, 4) is 17.0 Å². The molecule has 0 saturated carbocycles. The van der Waals surface area contributed by atoms with E-state index in [1.54, 1.807) is 12.1 Å². The molecule has 0 spiro atoms. The minimum atomic E-state index is -0.289. The zero-order chi connectivity index (χ0) is 14.8. The van der Waals surface area contributed by atoms with Crippen molar-refractivity contribution in [3.63, 3.8) is 0 Å². The SMILES string of the molecule is CC(=O)COc1ncnc2scc(-c3ccc(F)cc3)c12. The van der Waals surface area contributed by atoms with E-state index in [-0.39, 0.29) is 18.2 Å². The van der Waals surface area contributed by atoms with Gasteiger partial charge in [-0.15, -0.1) is 11.3 Å². The fourth-order valence-electron chi connectivity index (χ4n) is 1.97. The summed E-state index contributed by atoms with van der Waals surface area (Å²) in [5.74, 6) is -0.00122. The molecule has 0 fully saturated rings. The molecule has 0 unspecified atom stereocenters. The second-order valence-corrected chi connectivity index (χ2v) is 5.36. The molecule has 2 aromatic heterocycles. The van der Waals surface area contributed by atoms with Crippen molar-refractivity contribution >= 4 is 27.3 Å². The molecule has 6 heteroatoms. The molecule has 106 valence electrons. The van der Waals surface area contributed by atoms with Gasteiger partial charge in [-0.25, -0.2) is 14.4 Å². The van der Waals surface area contributed by atoms with Crippen LogP contribution in [-0.2, 0) is 4.79 Å². The number of carbonyl (C=O) groups is 1. The Kier molecular flexibility index (Phi) is 3.62. The summed E-state index contributed by atoms with van der Waals surface area (Å²) in [6.07, 6.45) is 1.41. The van der Waals surface area contributed by atoms with E-state index in [4.69, 9.17) is 4.74 Å². The van der Waals surface area contributed by atoms with Crippen LogP contribution in [0.2, 0.25) is 0 Å². The van der Waals surface area contributed by atoms with Gasteiger partial charge in [-0.05, 0) is 24.6 Å². The molecule has 0 aliphatic carbocycles. The summed E-state index contributed by atoms with van der Waals surface area (Å²) in [6, 6.07) is 6.19. The fourth-order valence-corrected chi connectivity index (χ4v) is 2.88. The third kappa shape index (κ3) is 2.75. The highest BCUT2D eigenvalue weighted by molar-refractivity contribution is 7.17. The first kappa shape index (κ1) is 13.6. The molecule has 0 amide bonds. The molecule has 0 radical (unpaired) electrons. The Morgan fingerprint density at radius 3 is 2.76 bits per heavy atom. The Bertz CT molecular complexity index is 799. The molecular weight excluding hydrogens is 291 g/mol. The molecule has 1 aromatic carbocycles. The maximum Gasteiger partial charge on any atom is 0.226 e. The van der Waals surface area contributed by atoms with Gasteiger partial charge < -0.3 is 4.74 Å². The lowest BCUT2D eigenvalue weighted by atomic mass is 10.1. The van der Waals surface area contributed by atoms with Crippen LogP contribution in [0, 0.1) is 5.82 Å². The summed E-state index contributed by atoms with van der Waals surface area (Å²) in [4.78, 5) is 20.1. The van der Waals surface area contributed by atoms with Crippen LogP contribution in [0.25, 0.3) is 21.3 Å². The zero-order valence-electron chi connectivity index (χ0n) is 11.2. The molecule has 0 bridgehead atoms. The maximum absolute atomic E-state index is 13.0. The minimum absolute atomic E-state index is 0.0369. The molecule has 3 rings (SSSR count). The summed E-state index contributed by atoms with van der Waals surface area (Å²) < 4.78 is 18.5. The number of ketones is 1. The topological polar surface area (TPSA) is 52.1 Å². The van der Waals surface area contributed by atoms with Crippen molar-refractivity contribution < 1.29 is 13.9 Å². The van der Waals surface area contributed by atoms with Gasteiger partial charge in [0.05, 0.1) is 5.39 Å². The van der Waals surface area contributed by atoms with Crippen LogP contribution in [0.15, 0.2) is 36.0 Å². The third-order valence-corrected chi connectivity index (χ3v) is 3.79. The number of hydrogen-bond donors (Lipinski definition) is 0. The molecule has 0 aliphatic rings. The number of ether oxygens (including phenoxy) is 1. The third-order valence-electron chi connectivity index (χ3n) is 2.90. The lowest BCUT2D eigenvalue weighted by molar-refractivity contribution is -0.118. The largest absolute Gasteiger partial charge is 0.469 e. The first-order chi connectivity index (χ1) is 10.1. The van der Waals surface area contributed by atoms with Gasteiger partial charge in [0.15, 0.2) is 5.78 Å². The summed E-state index contributed by atoms with van der Waals surface area (Å²) in [7, 11) is 0. The van der Waals surface area contributed by atoms with Crippen LogP contribution in [0.1, 0.15) is 6.92 Å². The Labute approximate surface area is 124 Å². The lowest BCUT2D eigenvalue weighted by Gasteiger charge is -2.06. The second-order valence-electron chi connectivity index (χ2n) is 4.51. The predicted octanol–water partition coefficient (Wildman–Crippen LogP) is 3.47. The van der Waals surface area contributed by atoms with Gasteiger partial charge in [-0.1, -0.05) is 12.1 Å². The number of benzene rings is 1. The smallest absolute Gasteiger partial charge is 0.226 e. The maximum atomic E-state index is 13.0. The first-order valence-corrected chi connectivity index (χ1v) is 7.13. The van der Waals surface area contributed by atoms with E-state index in [9.17, 15) is 9.18 Å². The van der Waals surface area contributed by atoms with Gasteiger partial charge in [0.25, 0.3) is 0 Å². The van der Waals surface area contributed by atoms with Crippen LogP contribution in [0.4, 0.5) is 4.39 Å². The Morgan fingerprint density at radius 1 is 1.29 bits per heavy atom. The number of nitrogens with zero attached hydrogens (tertiary/aromatic N) is 2. The van der Waals surface area contributed by atoms with Gasteiger partial charge in [0.2, 0.25) is 5.88 Å². The monoisotopic (exact) mass is 302 g/mol. The van der Waals surface area contributed by atoms with E-state index in [0.29, 0.717) is 5.88 Å². The van der Waals surface area contributed by atoms with E-state index in [1.807, 2.05) is 5.38 Å². The molecule has 0 aliphatic heterocycles. The van der Waals surface area contributed by atoms with E-state index in [1.165, 1.54) is 36.7 Å². The van der Waals surface area contributed by atoms with E-state index in [0.717, 1.165) is 21.3 Å². The van der Waals surface area contributed by atoms with Gasteiger partial charge >= 0.3 is 0 Å². The summed E-state index contributed by atoms with van der Waals surface area (Å²) >= 11 is 1.45. The van der Waals surface area contributed by atoms with Gasteiger partial charge in [0, 0.05) is 10.9 Å². The van der Waals surface area contributed by atoms with E-state index in [2.05, 4.69) is 9.97 Å². The number of hydrogen-bond acceptors (Lipinski definition) is 5. The highest BCUT2D eigenvalue weighted by Crippen LogP contribution is 2.37. The van der Waals surface area contributed by atoms with E-state index >= 15 is 0 Å². The molecular formula is C15H11FN2O2S. The summed E-state index contributed by atoms with van der Waals surface area (Å²) in [5, 5.41) is 2.67. The van der Waals surface area contributed by atoms with Crippen LogP contribution in [-0.4, -0.2) is 22.4 Å². The summed E-state index contributed by atoms with van der Waals surface area (Å²) in [5.41, 5.74) is 1.72. The highest BCUT2D eigenvalue weighted by atomic mass is 32.1. The van der Waals surface area contributed by atoms with Crippen molar-refractivity contribution in [2.24, 2.45) is 0 Å². The molecule has 3 aromatic rings. The molecule has 0 atom stereocenters.